The third-order valence-corrected chi connectivity index (χ3v) is 5.48. The number of anilines is 2. The van der Waals surface area contributed by atoms with Crippen molar-refractivity contribution in [3.63, 3.8) is 0 Å². The number of amides is 2. The van der Waals surface area contributed by atoms with Crippen LogP contribution in [0.5, 0.6) is 17.4 Å². The number of carbonyl (C=O) groups excluding carboxylic acids is 1. The molecule has 1 atom stereocenters. The lowest BCUT2D eigenvalue weighted by atomic mass is 10.2. The summed E-state index contributed by atoms with van der Waals surface area (Å²) in [5.74, 6) is 1.32. The fourth-order valence-corrected chi connectivity index (χ4v) is 3.70. The quantitative estimate of drug-likeness (QED) is 0.617. The van der Waals surface area contributed by atoms with Gasteiger partial charge in [0.2, 0.25) is 5.88 Å². The van der Waals surface area contributed by atoms with Crippen LogP contribution in [0.2, 0.25) is 0 Å². The van der Waals surface area contributed by atoms with Gasteiger partial charge in [0.05, 0.1) is 7.11 Å². The number of halogens is 1. The number of piperazine rings is 1. The van der Waals surface area contributed by atoms with Crippen molar-refractivity contribution >= 4 is 17.5 Å². The van der Waals surface area contributed by atoms with E-state index < -0.39 is 5.82 Å². The molecule has 0 spiro atoms. The summed E-state index contributed by atoms with van der Waals surface area (Å²) in [6.07, 6.45) is 1.39. The third kappa shape index (κ3) is 5.31. The van der Waals surface area contributed by atoms with Gasteiger partial charge in [-0.2, -0.15) is 0 Å². The molecule has 1 aliphatic rings. The molecule has 172 valence electrons. The summed E-state index contributed by atoms with van der Waals surface area (Å²) in [4.78, 5) is 25.1. The number of methoxy groups -OCH3 is 1. The van der Waals surface area contributed by atoms with Crippen molar-refractivity contribution < 1.29 is 18.7 Å². The molecular weight excluding hydrogens is 425 g/mol. The number of rotatable bonds is 5. The number of benzene rings is 2. The van der Waals surface area contributed by atoms with E-state index in [4.69, 9.17) is 9.47 Å². The summed E-state index contributed by atoms with van der Waals surface area (Å²) < 4.78 is 24.8. The molecule has 2 heterocycles. The molecule has 1 aliphatic heterocycles. The first kappa shape index (κ1) is 22.3. The minimum atomic E-state index is -0.453. The number of aromatic nitrogens is 2. The first-order chi connectivity index (χ1) is 15.9. The van der Waals surface area contributed by atoms with Crippen LogP contribution in [0.3, 0.4) is 0 Å². The van der Waals surface area contributed by atoms with Gasteiger partial charge in [-0.05, 0) is 55.8 Å². The Labute approximate surface area is 192 Å². The second kappa shape index (κ2) is 9.72. The molecular formula is C24H26FN5O3. The molecule has 4 rings (SSSR count). The number of urea groups is 1. The molecule has 3 aromatic rings. The molecule has 9 heteroatoms. The predicted molar refractivity (Wildman–Crippen MR) is 124 cm³/mol. The van der Waals surface area contributed by atoms with E-state index in [2.05, 4.69) is 20.2 Å². The van der Waals surface area contributed by atoms with Crippen molar-refractivity contribution in [2.45, 2.75) is 19.9 Å². The highest BCUT2D eigenvalue weighted by Crippen LogP contribution is 2.27. The van der Waals surface area contributed by atoms with E-state index in [9.17, 15) is 9.18 Å². The smallest absolute Gasteiger partial charge is 0.322 e. The molecule has 0 saturated carbocycles. The fourth-order valence-electron chi connectivity index (χ4n) is 3.70. The Morgan fingerprint density at radius 2 is 1.91 bits per heavy atom. The van der Waals surface area contributed by atoms with Gasteiger partial charge in [-0.1, -0.05) is 6.07 Å². The van der Waals surface area contributed by atoms with Gasteiger partial charge in [-0.25, -0.2) is 19.2 Å². The number of nitrogens with zero attached hydrogens (tertiary/aromatic N) is 4. The van der Waals surface area contributed by atoms with E-state index in [0.29, 0.717) is 31.1 Å². The van der Waals surface area contributed by atoms with E-state index in [1.165, 1.54) is 12.4 Å². The van der Waals surface area contributed by atoms with Crippen LogP contribution in [0.15, 0.2) is 54.9 Å². The van der Waals surface area contributed by atoms with E-state index in [0.717, 1.165) is 11.3 Å². The lowest BCUT2D eigenvalue weighted by Crippen LogP contribution is -2.55. The van der Waals surface area contributed by atoms with E-state index in [-0.39, 0.29) is 23.7 Å². The SMILES string of the molecule is COc1ccc(NC(=O)N2CCN(c3cc(Oc4cc(C)ccc4F)ncn3)CC2C)cc1. The van der Waals surface area contributed by atoms with Gasteiger partial charge >= 0.3 is 6.03 Å². The van der Waals surface area contributed by atoms with Crippen LogP contribution in [0.1, 0.15) is 12.5 Å². The zero-order valence-corrected chi connectivity index (χ0v) is 18.8. The van der Waals surface area contributed by atoms with Crippen molar-refractivity contribution in [1.29, 1.82) is 0 Å². The highest BCUT2D eigenvalue weighted by molar-refractivity contribution is 5.89. The summed E-state index contributed by atoms with van der Waals surface area (Å²) in [6, 6.07) is 13.3. The average molecular weight is 452 g/mol. The molecule has 2 amide bonds. The second-order valence-electron chi connectivity index (χ2n) is 7.90. The summed E-state index contributed by atoms with van der Waals surface area (Å²) in [7, 11) is 1.60. The summed E-state index contributed by atoms with van der Waals surface area (Å²) in [6.45, 7) is 5.56. The number of aryl methyl sites for hydroxylation is 1. The Hall–Kier alpha value is -3.88. The number of nitrogens with one attached hydrogen (secondary N) is 1. The number of hydrogen-bond acceptors (Lipinski definition) is 6. The second-order valence-corrected chi connectivity index (χ2v) is 7.90. The zero-order valence-electron chi connectivity index (χ0n) is 18.8. The van der Waals surface area contributed by atoms with Crippen LogP contribution in [0.4, 0.5) is 20.7 Å². The molecule has 1 N–H and O–H groups in total. The van der Waals surface area contributed by atoms with Gasteiger partial charge in [-0.15, -0.1) is 0 Å². The van der Waals surface area contributed by atoms with Gasteiger partial charge in [0, 0.05) is 37.4 Å². The summed E-state index contributed by atoms with van der Waals surface area (Å²) >= 11 is 0. The Bertz CT molecular complexity index is 1130. The Morgan fingerprint density at radius 1 is 1.12 bits per heavy atom. The normalized spacial score (nSPS) is 15.8. The maximum Gasteiger partial charge on any atom is 0.322 e. The third-order valence-electron chi connectivity index (χ3n) is 5.48. The molecule has 1 unspecified atom stereocenters. The Morgan fingerprint density at radius 3 is 2.64 bits per heavy atom. The topological polar surface area (TPSA) is 79.8 Å². The number of hydrogen-bond donors (Lipinski definition) is 1. The first-order valence-corrected chi connectivity index (χ1v) is 10.7. The average Bonchev–Trinajstić information content (AvgIpc) is 2.82. The lowest BCUT2D eigenvalue weighted by Gasteiger charge is -2.40. The first-order valence-electron chi connectivity index (χ1n) is 10.7. The monoisotopic (exact) mass is 451 g/mol. The molecule has 33 heavy (non-hydrogen) atoms. The maximum absolute atomic E-state index is 14.0. The number of ether oxygens (including phenoxy) is 2. The molecule has 8 nitrogen and oxygen atoms in total. The van der Waals surface area contributed by atoms with Gasteiger partial charge in [0.25, 0.3) is 0 Å². The van der Waals surface area contributed by atoms with Crippen molar-refractivity contribution in [3.8, 4) is 17.4 Å². The lowest BCUT2D eigenvalue weighted by molar-refractivity contribution is 0.184. The Balaban J connectivity index is 1.39. The molecule has 1 saturated heterocycles. The molecule has 1 aromatic heterocycles. The van der Waals surface area contributed by atoms with Crippen LogP contribution < -0.4 is 19.7 Å². The van der Waals surface area contributed by atoms with Crippen LogP contribution in [0, 0.1) is 12.7 Å². The van der Waals surface area contributed by atoms with Crippen molar-refractivity contribution in [1.82, 2.24) is 14.9 Å². The molecule has 0 radical (unpaired) electrons. The highest BCUT2D eigenvalue weighted by atomic mass is 19.1. The summed E-state index contributed by atoms with van der Waals surface area (Å²) in [5, 5.41) is 2.93. The van der Waals surface area contributed by atoms with Crippen LogP contribution in [-0.2, 0) is 0 Å². The van der Waals surface area contributed by atoms with Crippen LogP contribution >= 0.6 is 0 Å². The number of carbonyl (C=O) groups is 1. The van der Waals surface area contributed by atoms with Crippen molar-refractivity contribution in [2.24, 2.45) is 0 Å². The van der Waals surface area contributed by atoms with Crippen molar-refractivity contribution in [3.05, 3.63) is 66.2 Å². The Kier molecular flexibility index (Phi) is 6.58. The van der Waals surface area contributed by atoms with Crippen LogP contribution in [-0.4, -0.2) is 53.7 Å². The van der Waals surface area contributed by atoms with E-state index in [1.54, 1.807) is 54.5 Å². The predicted octanol–water partition coefficient (Wildman–Crippen LogP) is 4.47. The van der Waals surface area contributed by atoms with Gasteiger partial charge < -0.3 is 24.6 Å². The summed E-state index contributed by atoms with van der Waals surface area (Å²) in [5.41, 5.74) is 1.59. The van der Waals surface area contributed by atoms with Gasteiger partial charge in [0.1, 0.15) is 17.9 Å². The fraction of sp³-hybridized carbons (Fsp3) is 0.292. The molecule has 2 aromatic carbocycles. The highest BCUT2D eigenvalue weighted by Gasteiger charge is 2.28. The van der Waals surface area contributed by atoms with Gasteiger partial charge in [-0.3, -0.25) is 0 Å². The van der Waals surface area contributed by atoms with Crippen molar-refractivity contribution in [2.75, 3.05) is 37.0 Å². The molecule has 1 fully saturated rings. The minimum Gasteiger partial charge on any atom is -0.497 e. The van der Waals surface area contributed by atoms with Gasteiger partial charge in [0.15, 0.2) is 11.6 Å². The van der Waals surface area contributed by atoms with Crippen LogP contribution in [0.25, 0.3) is 0 Å². The van der Waals surface area contributed by atoms with E-state index in [1.807, 2.05) is 13.8 Å². The largest absolute Gasteiger partial charge is 0.497 e. The maximum atomic E-state index is 14.0. The molecule has 0 aliphatic carbocycles. The molecule has 0 bridgehead atoms. The zero-order chi connectivity index (χ0) is 23.4. The minimum absolute atomic E-state index is 0.0504. The van der Waals surface area contributed by atoms with E-state index >= 15 is 0 Å². The standard InChI is InChI=1S/C24H26FN5O3/c1-16-4-9-20(25)21(12-16)33-23-13-22(26-15-27-23)29-10-11-30(17(2)14-29)24(31)28-18-5-7-19(32-3)8-6-18/h4-9,12-13,15,17H,10-11,14H2,1-3H3,(H,28,31).